The van der Waals surface area contributed by atoms with Crippen molar-refractivity contribution in [3.63, 3.8) is 0 Å². The van der Waals surface area contributed by atoms with Crippen LogP contribution < -0.4 is 10.6 Å². The lowest BCUT2D eigenvalue weighted by Crippen LogP contribution is -2.53. The van der Waals surface area contributed by atoms with Crippen molar-refractivity contribution < 1.29 is 22.4 Å². The van der Waals surface area contributed by atoms with E-state index in [-0.39, 0.29) is 35.7 Å². The van der Waals surface area contributed by atoms with Gasteiger partial charge in [0.15, 0.2) is 0 Å². The first-order valence-electron chi connectivity index (χ1n) is 11.4. The summed E-state index contributed by atoms with van der Waals surface area (Å²) in [7, 11) is -3.85. The van der Waals surface area contributed by atoms with Crippen molar-refractivity contribution >= 4 is 21.8 Å². The Morgan fingerprint density at radius 3 is 2.62 bits per heavy atom. The van der Waals surface area contributed by atoms with Gasteiger partial charge in [-0.2, -0.15) is 4.31 Å². The van der Waals surface area contributed by atoms with E-state index < -0.39 is 27.8 Å². The summed E-state index contributed by atoms with van der Waals surface area (Å²) in [5.74, 6) is -1.85. The van der Waals surface area contributed by atoms with Crippen LogP contribution >= 0.6 is 0 Å². The number of carbonyl (C=O) groups is 2. The molecule has 3 atom stereocenters. The highest BCUT2D eigenvalue weighted by atomic mass is 32.2. The van der Waals surface area contributed by atoms with Crippen molar-refractivity contribution in [3.8, 4) is 0 Å². The number of aromatic nitrogens is 1. The van der Waals surface area contributed by atoms with E-state index in [1.54, 1.807) is 18.5 Å². The Bertz CT molecular complexity index is 1080. The summed E-state index contributed by atoms with van der Waals surface area (Å²) in [6.07, 6.45) is 5.03. The third-order valence-corrected chi connectivity index (χ3v) is 8.07. The molecule has 3 rings (SSSR count). The first-order chi connectivity index (χ1) is 16.2. The quantitative estimate of drug-likeness (QED) is 0.561. The van der Waals surface area contributed by atoms with Gasteiger partial charge in [-0.25, -0.2) is 12.8 Å². The third-order valence-electron chi connectivity index (χ3n) is 6.19. The molecule has 2 heterocycles. The van der Waals surface area contributed by atoms with Gasteiger partial charge in [0.25, 0.3) is 0 Å². The number of rotatable bonds is 9. The van der Waals surface area contributed by atoms with Gasteiger partial charge >= 0.3 is 0 Å². The van der Waals surface area contributed by atoms with Crippen LogP contribution in [0.3, 0.4) is 0 Å². The van der Waals surface area contributed by atoms with Crippen molar-refractivity contribution in [2.75, 3.05) is 13.1 Å². The van der Waals surface area contributed by atoms with Gasteiger partial charge in [0.05, 0.1) is 10.8 Å². The maximum atomic E-state index is 13.2. The molecular formula is C24H31FN4O4S. The van der Waals surface area contributed by atoms with E-state index in [1.165, 1.54) is 16.4 Å². The monoisotopic (exact) mass is 490 g/mol. The molecule has 1 fully saturated rings. The molecule has 0 radical (unpaired) electrons. The predicted molar refractivity (Wildman–Crippen MR) is 125 cm³/mol. The minimum Gasteiger partial charge on any atom is -0.350 e. The second-order valence-corrected chi connectivity index (χ2v) is 10.5. The van der Waals surface area contributed by atoms with Crippen molar-refractivity contribution in [2.45, 2.75) is 50.6 Å². The number of pyridine rings is 1. The molecule has 1 aromatic carbocycles. The smallest absolute Gasteiger partial charge is 0.243 e. The number of hydrogen-bond donors (Lipinski definition) is 2. The van der Waals surface area contributed by atoms with Gasteiger partial charge in [-0.05, 0) is 54.7 Å². The standard InChI is InChI=1S/C24H31FN4O4S/c1-3-17(2)22(24(31)27-15-18-6-4-12-26-14-18)28-23(30)19-7-5-13-29(16-19)34(32,33)21-10-8-20(25)9-11-21/h4,6,8-12,14,17,19,22H,3,5,7,13,15-16H2,1-2H3,(H,27,31)(H,28,30)/t17-,19+,22-/m0/s1. The van der Waals surface area contributed by atoms with E-state index in [0.29, 0.717) is 25.8 Å². The largest absolute Gasteiger partial charge is 0.350 e. The summed E-state index contributed by atoms with van der Waals surface area (Å²) in [4.78, 5) is 30.0. The molecule has 0 bridgehead atoms. The molecule has 0 aliphatic carbocycles. The summed E-state index contributed by atoms with van der Waals surface area (Å²) in [5, 5.41) is 5.71. The Labute approximate surface area is 200 Å². The molecule has 2 aromatic rings. The summed E-state index contributed by atoms with van der Waals surface area (Å²) in [6.45, 7) is 4.42. The van der Waals surface area contributed by atoms with Crippen LogP contribution in [0.5, 0.6) is 0 Å². The Morgan fingerprint density at radius 1 is 1.24 bits per heavy atom. The number of benzene rings is 1. The van der Waals surface area contributed by atoms with Crippen molar-refractivity contribution in [3.05, 3.63) is 60.2 Å². The molecule has 1 saturated heterocycles. The number of halogens is 1. The summed E-state index contributed by atoms with van der Waals surface area (Å²) in [6, 6.07) is 7.54. The van der Waals surface area contributed by atoms with E-state index in [0.717, 1.165) is 17.7 Å². The normalized spacial score (nSPS) is 18.6. The lowest BCUT2D eigenvalue weighted by molar-refractivity contribution is -0.133. The molecule has 1 aromatic heterocycles. The Balaban J connectivity index is 1.66. The molecular weight excluding hydrogens is 459 g/mol. The Kier molecular flexibility index (Phi) is 8.73. The molecule has 2 N–H and O–H groups in total. The van der Waals surface area contributed by atoms with Gasteiger partial charge in [0, 0.05) is 32.0 Å². The zero-order chi connectivity index (χ0) is 24.7. The molecule has 0 saturated carbocycles. The SMILES string of the molecule is CC[C@H](C)[C@H](NC(=O)[C@@H]1CCCN(S(=O)(=O)c2ccc(F)cc2)C1)C(=O)NCc1cccnc1. The number of piperidine rings is 1. The topological polar surface area (TPSA) is 108 Å². The third kappa shape index (κ3) is 6.38. The number of nitrogens with one attached hydrogen (secondary N) is 2. The van der Waals surface area contributed by atoms with Crippen molar-refractivity contribution in [2.24, 2.45) is 11.8 Å². The number of hydrogen-bond acceptors (Lipinski definition) is 5. The second kappa shape index (κ2) is 11.5. The molecule has 0 spiro atoms. The minimum absolute atomic E-state index is 0.00999. The molecule has 2 amide bonds. The van der Waals surface area contributed by atoms with E-state index in [1.807, 2.05) is 19.9 Å². The molecule has 1 aliphatic heterocycles. The summed E-state index contributed by atoms with van der Waals surface area (Å²) in [5.41, 5.74) is 0.846. The maximum absolute atomic E-state index is 13.2. The average Bonchev–Trinajstić information content (AvgIpc) is 2.86. The highest BCUT2D eigenvalue weighted by Gasteiger charge is 2.35. The molecule has 10 heteroatoms. The van der Waals surface area contributed by atoms with Gasteiger partial charge in [0.2, 0.25) is 21.8 Å². The zero-order valence-electron chi connectivity index (χ0n) is 19.4. The van der Waals surface area contributed by atoms with Crippen LogP contribution in [-0.2, 0) is 26.2 Å². The van der Waals surface area contributed by atoms with Crippen molar-refractivity contribution in [1.29, 1.82) is 0 Å². The van der Waals surface area contributed by atoms with E-state index in [4.69, 9.17) is 0 Å². The highest BCUT2D eigenvalue weighted by Crippen LogP contribution is 2.24. The predicted octanol–water partition coefficient (Wildman–Crippen LogP) is 2.47. The van der Waals surface area contributed by atoms with Crippen LogP contribution in [0.15, 0.2) is 53.7 Å². The molecule has 8 nitrogen and oxygen atoms in total. The van der Waals surface area contributed by atoms with E-state index in [2.05, 4.69) is 15.6 Å². The fraction of sp³-hybridized carbons (Fsp3) is 0.458. The van der Waals surface area contributed by atoms with Gasteiger partial charge in [-0.3, -0.25) is 14.6 Å². The van der Waals surface area contributed by atoms with Gasteiger partial charge in [-0.1, -0.05) is 26.3 Å². The lowest BCUT2D eigenvalue weighted by atomic mass is 9.94. The number of nitrogens with zero attached hydrogens (tertiary/aromatic N) is 2. The molecule has 1 aliphatic rings. The molecule has 184 valence electrons. The fourth-order valence-corrected chi connectivity index (χ4v) is 5.43. The van der Waals surface area contributed by atoms with Gasteiger partial charge < -0.3 is 10.6 Å². The van der Waals surface area contributed by atoms with Crippen LogP contribution in [-0.4, -0.2) is 48.7 Å². The molecule has 0 unspecified atom stereocenters. The summed E-state index contributed by atoms with van der Waals surface area (Å²) < 4.78 is 40.4. The number of sulfonamides is 1. The maximum Gasteiger partial charge on any atom is 0.243 e. The first kappa shape index (κ1) is 25.8. The van der Waals surface area contributed by atoms with Crippen LogP contribution in [0.1, 0.15) is 38.7 Å². The Hall–Kier alpha value is -2.85. The van der Waals surface area contributed by atoms with Crippen LogP contribution in [0.4, 0.5) is 4.39 Å². The van der Waals surface area contributed by atoms with E-state index >= 15 is 0 Å². The van der Waals surface area contributed by atoms with Gasteiger partial charge in [-0.15, -0.1) is 0 Å². The van der Waals surface area contributed by atoms with Crippen LogP contribution in [0.2, 0.25) is 0 Å². The second-order valence-electron chi connectivity index (χ2n) is 8.61. The van der Waals surface area contributed by atoms with Crippen molar-refractivity contribution in [1.82, 2.24) is 19.9 Å². The van der Waals surface area contributed by atoms with Crippen LogP contribution in [0.25, 0.3) is 0 Å². The van der Waals surface area contributed by atoms with E-state index in [9.17, 15) is 22.4 Å². The van der Waals surface area contributed by atoms with Gasteiger partial charge in [0.1, 0.15) is 11.9 Å². The zero-order valence-corrected chi connectivity index (χ0v) is 20.2. The number of amides is 2. The fourth-order valence-electron chi connectivity index (χ4n) is 3.91. The number of carbonyl (C=O) groups excluding carboxylic acids is 2. The lowest BCUT2D eigenvalue weighted by Gasteiger charge is -2.32. The average molecular weight is 491 g/mol. The minimum atomic E-state index is -3.85. The Morgan fingerprint density at radius 2 is 1.97 bits per heavy atom. The first-order valence-corrected chi connectivity index (χ1v) is 12.9. The summed E-state index contributed by atoms with van der Waals surface area (Å²) >= 11 is 0. The van der Waals surface area contributed by atoms with Crippen LogP contribution in [0, 0.1) is 17.7 Å². The highest BCUT2D eigenvalue weighted by molar-refractivity contribution is 7.89. The molecule has 34 heavy (non-hydrogen) atoms.